The molecule has 1 aliphatic carbocycles. The van der Waals surface area contributed by atoms with E-state index in [1.807, 2.05) is 0 Å². The van der Waals surface area contributed by atoms with Crippen LogP contribution in [0.15, 0.2) is 0 Å². The summed E-state index contributed by atoms with van der Waals surface area (Å²) in [6.07, 6.45) is 6.63. The maximum atomic E-state index is 6.38. The van der Waals surface area contributed by atoms with E-state index in [-0.39, 0.29) is 6.17 Å². The van der Waals surface area contributed by atoms with E-state index in [1.165, 1.54) is 12.8 Å². The Kier molecular flexibility index (Phi) is 5.91. The summed E-state index contributed by atoms with van der Waals surface area (Å²) in [4.78, 5) is 0. The Hall–Kier alpha value is -0.280. The Morgan fingerprint density at radius 1 is 0.920 bits per heavy atom. The van der Waals surface area contributed by atoms with Gasteiger partial charge in [-0.2, -0.15) is 0 Å². The Morgan fingerprint density at radius 2 is 1.84 bits per heavy atom. The summed E-state index contributed by atoms with van der Waals surface area (Å²) in [5.41, 5.74) is 7.19. The van der Waals surface area contributed by atoms with Crippen molar-refractivity contribution in [1.29, 1.82) is 0 Å². The van der Waals surface area contributed by atoms with Crippen LogP contribution >= 0.6 is 0 Å². The van der Waals surface area contributed by atoms with Crippen molar-refractivity contribution in [3.8, 4) is 0 Å². The topological polar surface area (TPSA) is 78.6 Å². The highest BCUT2D eigenvalue weighted by atomic mass is 16.5. The largest absolute Gasteiger partial charge is 0.375 e. The molecule has 4 fully saturated rings. The zero-order valence-corrected chi connectivity index (χ0v) is 15.6. The summed E-state index contributed by atoms with van der Waals surface area (Å²) in [7, 11) is 0. The fourth-order valence-electron chi connectivity index (χ4n) is 5.11. The van der Waals surface area contributed by atoms with Crippen LogP contribution in [0.4, 0.5) is 0 Å². The van der Waals surface area contributed by atoms with Gasteiger partial charge < -0.3 is 9.47 Å². The van der Waals surface area contributed by atoms with Gasteiger partial charge in [-0.3, -0.25) is 26.8 Å². The number of hydrazine groups is 1. The second-order valence-corrected chi connectivity index (χ2v) is 8.40. The molecule has 7 nitrogen and oxygen atoms in total. The van der Waals surface area contributed by atoms with Gasteiger partial charge in [0.15, 0.2) is 0 Å². The van der Waals surface area contributed by atoms with Gasteiger partial charge in [0.05, 0.1) is 31.7 Å². The molecule has 4 aliphatic rings. The molecule has 0 amide bonds. The van der Waals surface area contributed by atoms with E-state index in [2.05, 4.69) is 40.6 Å². The maximum absolute atomic E-state index is 6.38. The average molecular weight is 354 g/mol. The molecular weight excluding hydrogens is 318 g/mol. The van der Waals surface area contributed by atoms with Crippen molar-refractivity contribution >= 4 is 0 Å². The molecule has 144 valence electrons. The van der Waals surface area contributed by atoms with Gasteiger partial charge in [0.1, 0.15) is 0 Å². The third-order valence-corrected chi connectivity index (χ3v) is 6.33. The summed E-state index contributed by atoms with van der Waals surface area (Å²) in [5, 5.41) is 10.8. The number of ether oxygens (including phenoxy) is 2. The van der Waals surface area contributed by atoms with E-state index in [0.717, 1.165) is 25.8 Å². The van der Waals surface area contributed by atoms with Crippen LogP contribution in [0.2, 0.25) is 0 Å². The predicted molar refractivity (Wildman–Crippen MR) is 96.9 cm³/mol. The van der Waals surface area contributed by atoms with Crippen LogP contribution in [0.3, 0.4) is 0 Å². The first kappa shape index (κ1) is 18.1. The molecule has 8 atom stereocenters. The lowest BCUT2D eigenvalue weighted by molar-refractivity contribution is -0.0395. The molecular formula is C18H35N5O2. The van der Waals surface area contributed by atoms with Gasteiger partial charge in [0.25, 0.3) is 0 Å². The number of hydrogen-bond donors (Lipinski definition) is 5. The van der Waals surface area contributed by atoms with Crippen LogP contribution in [-0.2, 0) is 9.47 Å². The standard InChI is InChI=1S/C18H35N5O2/c1-11-7-16-18-14-8-13(3-4-15(14)22-23-18)25-12(2)5-6-19-10-24-9-17(20-11)21-16/h11-23H,3-10H2,1-2H3/t11?,12-,13?,14?,15?,16?,17?,18?/m1/s1. The summed E-state index contributed by atoms with van der Waals surface area (Å²) >= 11 is 0. The summed E-state index contributed by atoms with van der Waals surface area (Å²) < 4.78 is 12.2. The maximum Gasteiger partial charge on any atom is 0.0966 e. The molecule has 0 radical (unpaired) electrons. The Bertz CT molecular complexity index is 440. The molecule has 3 heterocycles. The molecule has 0 spiro atoms. The molecule has 7 unspecified atom stereocenters. The zero-order chi connectivity index (χ0) is 17.2. The first-order valence-corrected chi connectivity index (χ1v) is 10.2. The van der Waals surface area contributed by atoms with Gasteiger partial charge in [-0.1, -0.05) is 0 Å². The van der Waals surface area contributed by atoms with Gasteiger partial charge >= 0.3 is 0 Å². The quantitative estimate of drug-likeness (QED) is 0.421. The highest BCUT2D eigenvalue weighted by Crippen LogP contribution is 2.35. The van der Waals surface area contributed by atoms with Crippen LogP contribution in [0.25, 0.3) is 0 Å². The van der Waals surface area contributed by atoms with Gasteiger partial charge in [-0.25, -0.2) is 0 Å². The minimum atomic E-state index is 0.219. The second-order valence-electron chi connectivity index (χ2n) is 8.40. The highest BCUT2D eigenvalue weighted by molar-refractivity contribution is 5.03. The summed E-state index contributed by atoms with van der Waals surface area (Å²) in [6, 6.07) is 2.00. The summed E-state index contributed by atoms with van der Waals surface area (Å²) in [5.74, 6) is 0.638. The molecule has 25 heavy (non-hydrogen) atoms. The van der Waals surface area contributed by atoms with E-state index in [4.69, 9.17) is 9.47 Å². The highest BCUT2D eigenvalue weighted by Gasteiger charge is 2.45. The minimum Gasteiger partial charge on any atom is -0.375 e. The molecule has 5 N–H and O–H groups in total. The molecule has 1 saturated carbocycles. The van der Waals surface area contributed by atoms with Crippen molar-refractivity contribution in [2.75, 3.05) is 19.9 Å². The van der Waals surface area contributed by atoms with Gasteiger partial charge in [0, 0.05) is 24.2 Å². The van der Waals surface area contributed by atoms with E-state index < -0.39 is 0 Å². The van der Waals surface area contributed by atoms with Crippen molar-refractivity contribution in [2.24, 2.45) is 5.92 Å². The predicted octanol–water partition coefficient (Wildman–Crippen LogP) is 0.0387. The fourth-order valence-corrected chi connectivity index (χ4v) is 5.11. The van der Waals surface area contributed by atoms with Crippen molar-refractivity contribution in [1.82, 2.24) is 26.8 Å². The first-order chi connectivity index (χ1) is 12.2. The molecule has 4 bridgehead atoms. The number of rotatable bonds is 0. The van der Waals surface area contributed by atoms with Crippen LogP contribution in [0, 0.1) is 5.92 Å². The normalized spacial score (nSPS) is 49.2. The molecule has 0 aromatic heterocycles. The van der Waals surface area contributed by atoms with E-state index >= 15 is 0 Å². The van der Waals surface area contributed by atoms with Crippen LogP contribution in [0.5, 0.6) is 0 Å². The van der Waals surface area contributed by atoms with Crippen molar-refractivity contribution in [3.63, 3.8) is 0 Å². The third-order valence-electron chi connectivity index (χ3n) is 6.33. The van der Waals surface area contributed by atoms with Gasteiger partial charge in [-0.05, 0) is 58.4 Å². The van der Waals surface area contributed by atoms with Crippen molar-refractivity contribution in [3.05, 3.63) is 0 Å². The molecule has 0 aromatic rings. The SMILES string of the molecule is CC1CC2NC(COCNCC[C@@H](C)OC3CCC4NNC2C4C3)N1. The molecule has 3 aliphatic heterocycles. The lowest BCUT2D eigenvalue weighted by Gasteiger charge is -2.42. The van der Waals surface area contributed by atoms with E-state index in [1.54, 1.807) is 0 Å². The smallest absolute Gasteiger partial charge is 0.0966 e. The van der Waals surface area contributed by atoms with E-state index in [9.17, 15) is 0 Å². The number of hydrogen-bond acceptors (Lipinski definition) is 7. The Morgan fingerprint density at radius 3 is 2.76 bits per heavy atom. The minimum absolute atomic E-state index is 0.219. The van der Waals surface area contributed by atoms with Gasteiger partial charge in [0.2, 0.25) is 0 Å². The fraction of sp³-hybridized carbons (Fsp3) is 1.00. The van der Waals surface area contributed by atoms with Crippen molar-refractivity contribution in [2.45, 2.75) is 88.5 Å². The molecule has 3 saturated heterocycles. The summed E-state index contributed by atoms with van der Waals surface area (Å²) in [6.45, 7) is 6.72. The monoisotopic (exact) mass is 353 g/mol. The Labute approximate surface area is 151 Å². The van der Waals surface area contributed by atoms with Crippen molar-refractivity contribution < 1.29 is 9.47 Å². The number of nitrogens with one attached hydrogen (secondary N) is 5. The third kappa shape index (κ3) is 4.35. The lowest BCUT2D eigenvalue weighted by Crippen LogP contribution is -2.64. The van der Waals surface area contributed by atoms with Crippen LogP contribution in [0.1, 0.15) is 46.0 Å². The lowest BCUT2D eigenvalue weighted by atomic mass is 9.76. The van der Waals surface area contributed by atoms with Crippen LogP contribution in [-0.4, -0.2) is 62.4 Å². The zero-order valence-electron chi connectivity index (χ0n) is 15.6. The Balaban J connectivity index is 1.48. The molecule has 7 heteroatoms. The first-order valence-electron chi connectivity index (χ1n) is 10.2. The number of fused-ring (bicyclic) bond motifs is 4. The molecule has 0 aromatic carbocycles. The van der Waals surface area contributed by atoms with Gasteiger partial charge in [-0.15, -0.1) is 0 Å². The second kappa shape index (κ2) is 8.17. The molecule has 4 rings (SSSR count). The van der Waals surface area contributed by atoms with Crippen LogP contribution < -0.4 is 26.8 Å². The average Bonchev–Trinajstić information content (AvgIpc) is 3.00. The van der Waals surface area contributed by atoms with E-state index in [0.29, 0.717) is 55.6 Å².